The average Bonchev–Trinajstić information content (AvgIpc) is 2.71. The molecule has 17 heavy (non-hydrogen) atoms. The maximum absolute atomic E-state index is 5.88. The van der Waals surface area contributed by atoms with Crippen LogP contribution in [0.1, 0.15) is 4.88 Å². The minimum Gasteiger partial charge on any atom is -0.374 e. The molecule has 1 aliphatic rings. The minimum atomic E-state index is 0.334. The number of rotatable bonds is 5. The van der Waals surface area contributed by atoms with Crippen molar-refractivity contribution in [2.75, 3.05) is 39.8 Å². The van der Waals surface area contributed by atoms with Crippen LogP contribution in [-0.2, 0) is 11.2 Å². The van der Waals surface area contributed by atoms with E-state index in [0.29, 0.717) is 6.10 Å². The highest BCUT2D eigenvalue weighted by Crippen LogP contribution is 2.21. The van der Waals surface area contributed by atoms with Gasteiger partial charge in [0, 0.05) is 31.1 Å². The van der Waals surface area contributed by atoms with E-state index in [9.17, 15) is 0 Å². The summed E-state index contributed by atoms with van der Waals surface area (Å²) < 4.78 is 6.55. The lowest BCUT2D eigenvalue weighted by atomic mass is 10.2. The molecule has 0 aromatic carbocycles. The van der Waals surface area contributed by atoms with Crippen LogP contribution >= 0.6 is 22.9 Å². The van der Waals surface area contributed by atoms with Crippen molar-refractivity contribution in [3.8, 4) is 0 Å². The van der Waals surface area contributed by atoms with Gasteiger partial charge in [0.1, 0.15) is 0 Å². The summed E-state index contributed by atoms with van der Waals surface area (Å²) in [6.45, 7) is 4.84. The second kappa shape index (κ2) is 6.71. The summed E-state index contributed by atoms with van der Waals surface area (Å²) in [5.41, 5.74) is 0. The fourth-order valence-corrected chi connectivity index (χ4v) is 3.04. The standard InChI is InChI=1S/C12H19ClN2OS/c1-15-6-7-16-10(9-15)8-14-5-4-11-2-3-12(13)17-11/h2-3,10,14H,4-9H2,1H3. The maximum Gasteiger partial charge on any atom is 0.0931 e. The van der Waals surface area contributed by atoms with Crippen molar-refractivity contribution in [2.24, 2.45) is 0 Å². The van der Waals surface area contributed by atoms with Crippen LogP contribution in [0.4, 0.5) is 0 Å². The smallest absolute Gasteiger partial charge is 0.0931 e. The summed E-state index contributed by atoms with van der Waals surface area (Å²) in [6.07, 6.45) is 1.38. The largest absolute Gasteiger partial charge is 0.374 e. The van der Waals surface area contributed by atoms with Crippen molar-refractivity contribution in [2.45, 2.75) is 12.5 Å². The lowest BCUT2D eigenvalue weighted by Crippen LogP contribution is -2.45. The molecule has 1 aromatic heterocycles. The van der Waals surface area contributed by atoms with E-state index in [1.54, 1.807) is 11.3 Å². The molecule has 0 spiro atoms. The number of hydrogen-bond donors (Lipinski definition) is 1. The Morgan fingerprint density at radius 3 is 3.18 bits per heavy atom. The van der Waals surface area contributed by atoms with Crippen LogP contribution in [0.5, 0.6) is 0 Å². The Bertz CT molecular complexity index is 345. The third-order valence-electron chi connectivity index (χ3n) is 2.89. The monoisotopic (exact) mass is 274 g/mol. The molecule has 2 rings (SSSR count). The molecule has 0 bridgehead atoms. The first-order valence-corrected chi connectivity index (χ1v) is 7.18. The molecule has 1 saturated heterocycles. The molecule has 1 aliphatic heterocycles. The van der Waals surface area contributed by atoms with Crippen molar-refractivity contribution in [3.05, 3.63) is 21.3 Å². The Morgan fingerprint density at radius 1 is 1.59 bits per heavy atom. The molecule has 1 aromatic rings. The zero-order chi connectivity index (χ0) is 12.1. The summed E-state index contributed by atoms with van der Waals surface area (Å²) in [7, 11) is 2.14. The van der Waals surface area contributed by atoms with Crippen LogP contribution in [-0.4, -0.2) is 50.8 Å². The number of morpholine rings is 1. The molecule has 96 valence electrons. The van der Waals surface area contributed by atoms with E-state index >= 15 is 0 Å². The van der Waals surface area contributed by atoms with Gasteiger partial charge in [0.2, 0.25) is 0 Å². The number of nitrogens with one attached hydrogen (secondary N) is 1. The second-order valence-electron chi connectivity index (χ2n) is 4.41. The summed E-state index contributed by atoms with van der Waals surface area (Å²) in [5.74, 6) is 0. The van der Waals surface area contributed by atoms with Gasteiger partial charge in [0.25, 0.3) is 0 Å². The molecule has 1 unspecified atom stereocenters. The van der Waals surface area contributed by atoms with Crippen molar-refractivity contribution in [1.82, 2.24) is 10.2 Å². The van der Waals surface area contributed by atoms with E-state index in [4.69, 9.17) is 16.3 Å². The first kappa shape index (κ1) is 13.3. The first-order chi connectivity index (χ1) is 8.24. The highest BCUT2D eigenvalue weighted by molar-refractivity contribution is 7.16. The Balaban J connectivity index is 1.59. The fraction of sp³-hybridized carbons (Fsp3) is 0.667. The Kier molecular flexibility index (Phi) is 5.25. The van der Waals surface area contributed by atoms with Gasteiger partial charge in [0.05, 0.1) is 17.0 Å². The summed E-state index contributed by atoms with van der Waals surface area (Å²) in [4.78, 5) is 3.65. The third-order valence-corrected chi connectivity index (χ3v) is 4.18. The topological polar surface area (TPSA) is 24.5 Å². The molecule has 3 nitrogen and oxygen atoms in total. The Morgan fingerprint density at radius 2 is 2.47 bits per heavy atom. The number of nitrogens with zero attached hydrogens (tertiary/aromatic N) is 1. The van der Waals surface area contributed by atoms with E-state index in [1.807, 2.05) is 6.07 Å². The van der Waals surface area contributed by atoms with Crippen molar-refractivity contribution in [3.63, 3.8) is 0 Å². The molecule has 1 N–H and O–H groups in total. The van der Waals surface area contributed by atoms with Crippen LogP contribution < -0.4 is 5.32 Å². The normalized spacial score (nSPS) is 21.9. The average molecular weight is 275 g/mol. The van der Waals surface area contributed by atoms with Crippen LogP contribution in [0, 0.1) is 0 Å². The van der Waals surface area contributed by atoms with Crippen molar-refractivity contribution in [1.29, 1.82) is 0 Å². The van der Waals surface area contributed by atoms with Gasteiger partial charge >= 0.3 is 0 Å². The zero-order valence-corrected chi connectivity index (χ0v) is 11.7. The van der Waals surface area contributed by atoms with Crippen LogP contribution in [0.2, 0.25) is 4.34 Å². The van der Waals surface area contributed by atoms with Crippen LogP contribution in [0.3, 0.4) is 0 Å². The number of hydrogen-bond acceptors (Lipinski definition) is 4. The molecule has 5 heteroatoms. The van der Waals surface area contributed by atoms with Gasteiger partial charge in [-0.15, -0.1) is 11.3 Å². The predicted octanol–water partition coefficient (Wildman–Crippen LogP) is 1.86. The van der Waals surface area contributed by atoms with Gasteiger partial charge in [0.15, 0.2) is 0 Å². The van der Waals surface area contributed by atoms with Gasteiger partial charge in [-0.1, -0.05) is 11.6 Å². The maximum atomic E-state index is 5.88. The highest BCUT2D eigenvalue weighted by atomic mass is 35.5. The second-order valence-corrected chi connectivity index (χ2v) is 6.21. The molecule has 0 aliphatic carbocycles. The van der Waals surface area contributed by atoms with Gasteiger partial charge in [-0.25, -0.2) is 0 Å². The summed E-state index contributed by atoms with van der Waals surface area (Å²) in [5, 5.41) is 3.45. The SMILES string of the molecule is CN1CCOC(CNCCc2ccc(Cl)s2)C1. The lowest BCUT2D eigenvalue weighted by Gasteiger charge is -2.30. The van der Waals surface area contributed by atoms with Crippen molar-refractivity contribution < 1.29 is 4.74 Å². The number of ether oxygens (including phenoxy) is 1. The van der Waals surface area contributed by atoms with Gasteiger partial charge in [-0.3, -0.25) is 0 Å². The molecule has 0 saturated carbocycles. The minimum absolute atomic E-state index is 0.334. The number of thiophene rings is 1. The lowest BCUT2D eigenvalue weighted by molar-refractivity contribution is -0.0179. The van der Waals surface area contributed by atoms with E-state index in [2.05, 4.69) is 23.3 Å². The van der Waals surface area contributed by atoms with E-state index in [-0.39, 0.29) is 0 Å². The quantitative estimate of drug-likeness (QED) is 0.830. The van der Waals surface area contributed by atoms with Crippen LogP contribution in [0.15, 0.2) is 12.1 Å². The molecule has 0 amide bonds. The molecule has 0 radical (unpaired) electrons. The van der Waals surface area contributed by atoms with Gasteiger partial charge in [-0.05, 0) is 25.6 Å². The van der Waals surface area contributed by atoms with Crippen molar-refractivity contribution >= 4 is 22.9 Å². The first-order valence-electron chi connectivity index (χ1n) is 5.99. The Hall–Kier alpha value is -0.130. The predicted molar refractivity (Wildman–Crippen MR) is 73.1 cm³/mol. The summed E-state index contributed by atoms with van der Waals surface area (Å²) in [6, 6.07) is 4.06. The van der Waals surface area contributed by atoms with Crippen LogP contribution in [0.25, 0.3) is 0 Å². The third kappa shape index (κ3) is 4.56. The van der Waals surface area contributed by atoms with Gasteiger partial charge in [-0.2, -0.15) is 0 Å². The highest BCUT2D eigenvalue weighted by Gasteiger charge is 2.16. The van der Waals surface area contributed by atoms with Gasteiger partial charge < -0.3 is 15.0 Å². The molecular formula is C12H19ClN2OS. The molecular weight excluding hydrogens is 256 g/mol. The number of halogens is 1. The van der Waals surface area contributed by atoms with E-state index in [1.165, 1.54) is 4.88 Å². The number of likely N-dealkylation sites (N-methyl/N-ethyl adjacent to an activating group) is 1. The molecule has 1 atom stereocenters. The fourth-order valence-electron chi connectivity index (χ4n) is 1.95. The Labute approximate surface area is 112 Å². The van der Waals surface area contributed by atoms with E-state index in [0.717, 1.165) is 43.5 Å². The van der Waals surface area contributed by atoms with E-state index < -0.39 is 0 Å². The molecule has 1 fully saturated rings. The summed E-state index contributed by atoms with van der Waals surface area (Å²) >= 11 is 7.54. The zero-order valence-electron chi connectivity index (χ0n) is 10.1. The molecule has 2 heterocycles.